The van der Waals surface area contributed by atoms with Gasteiger partial charge in [-0.2, -0.15) is 0 Å². The molecule has 4 nitrogen and oxygen atoms in total. The van der Waals surface area contributed by atoms with E-state index in [1.54, 1.807) is 0 Å². The number of hydrogen-bond donors (Lipinski definition) is 0. The van der Waals surface area contributed by atoms with Crippen LogP contribution < -0.4 is 0 Å². The van der Waals surface area contributed by atoms with E-state index < -0.39 is 5.60 Å². The molecule has 1 heterocycles. The fourth-order valence-electron chi connectivity index (χ4n) is 4.02. The minimum atomic E-state index is -0.407. The lowest BCUT2D eigenvalue weighted by Crippen LogP contribution is -2.42. The number of carbonyl (C=O) groups excluding carboxylic acids is 1. The van der Waals surface area contributed by atoms with Gasteiger partial charge in [-0.15, -0.1) is 0 Å². The van der Waals surface area contributed by atoms with Gasteiger partial charge < -0.3 is 14.4 Å². The van der Waals surface area contributed by atoms with Crippen molar-refractivity contribution in [3.05, 3.63) is 35.9 Å². The first-order valence-electron chi connectivity index (χ1n) is 10.0. The van der Waals surface area contributed by atoms with Crippen LogP contribution in [0.2, 0.25) is 0 Å². The molecule has 2 fully saturated rings. The van der Waals surface area contributed by atoms with E-state index in [0.29, 0.717) is 6.61 Å². The van der Waals surface area contributed by atoms with Gasteiger partial charge in [-0.3, -0.25) is 0 Å². The predicted octanol–water partition coefficient (Wildman–Crippen LogP) is 4.88. The number of likely N-dealkylation sites (tertiary alicyclic amines) is 1. The van der Waals surface area contributed by atoms with Gasteiger partial charge in [0.2, 0.25) is 0 Å². The average Bonchev–Trinajstić information content (AvgIpc) is 3.38. The first kappa shape index (κ1) is 19.2. The van der Waals surface area contributed by atoms with E-state index in [-0.39, 0.29) is 6.09 Å². The Hall–Kier alpha value is -1.55. The molecule has 2 aliphatic rings. The van der Waals surface area contributed by atoms with Gasteiger partial charge in [0.25, 0.3) is 0 Å². The molecule has 0 radical (unpaired) electrons. The quantitative estimate of drug-likeness (QED) is 0.680. The van der Waals surface area contributed by atoms with Crippen LogP contribution in [0.1, 0.15) is 52.0 Å². The van der Waals surface area contributed by atoms with Crippen LogP contribution >= 0.6 is 0 Å². The molecule has 2 atom stereocenters. The molecular formula is C22H33NO3. The molecule has 1 aliphatic heterocycles. The monoisotopic (exact) mass is 359 g/mol. The van der Waals surface area contributed by atoms with E-state index in [0.717, 1.165) is 50.3 Å². The second-order valence-corrected chi connectivity index (χ2v) is 8.79. The Labute approximate surface area is 157 Å². The zero-order valence-electron chi connectivity index (χ0n) is 16.4. The molecule has 1 aromatic carbocycles. The number of carbonyl (C=O) groups is 1. The smallest absolute Gasteiger partial charge is 0.410 e. The van der Waals surface area contributed by atoms with Gasteiger partial charge in [0.15, 0.2) is 0 Å². The Bertz CT molecular complexity index is 573. The highest BCUT2D eigenvalue weighted by Gasteiger charge is 2.43. The molecule has 0 bridgehead atoms. The highest BCUT2D eigenvalue weighted by Crippen LogP contribution is 2.49. The lowest BCUT2D eigenvalue weighted by molar-refractivity contribution is 0.0173. The van der Waals surface area contributed by atoms with Gasteiger partial charge in [-0.05, 0) is 69.8 Å². The molecule has 0 unspecified atom stereocenters. The number of piperidine rings is 1. The summed E-state index contributed by atoms with van der Waals surface area (Å²) in [5.74, 6) is 2.44. The highest BCUT2D eigenvalue weighted by atomic mass is 16.6. The Morgan fingerprint density at radius 1 is 1.15 bits per heavy atom. The van der Waals surface area contributed by atoms with Crippen molar-refractivity contribution < 1.29 is 14.3 Å². The van der Waals surface area contributed by atoms with Crippen molar-refractivity contribution in [1.82, 2.24) is 4.90 Å². The van der Waals surface area contributed by atoms with Crippen molar-refractivity contribution in [2.45, 2.75) is 58.7 Å². The Morgan fingerprint density at radius 3 is 2.50 bits per heavy atom. The third-order valence-electron chi connectivity index (χ3n) is 5.52. The summed E-state index contributed by atoms with van der Waals surface area (Å²) in [4.78, 5) is 14.0. The predicted molar refractivity (Wildman–Crippen MR) is 103 cm³/mol. The van der Waals surface area contributed by atoms with Crippen LogP contribution in [0.3, 0.4) is 0 Å². The van der Waals surface area contributed by atoms with Crippen molar-refractivity contribution in [1.29, 1.82) is 0 Å². The SMILES string of the molecule is CC(C)(C)OC(=O)N1CCC([C@H]2C[C@H]2CCOCc2ccccc2)CC1. The number of nitrogens with zero attached hydrogens (tertiary/aromatic N) is 1. The number of ether oxygens (including phenoxy) is 2. The topological polar surface area (TPSA) is 38.8 Å². The van der Waals surface area contributed by atoms with Gasteiger partial charge in [0.1, 0.15) is 5.60 Å². The first-order chi connectivity index (χ1) is 12.4. The van der Waals surface area contributed by atoms with Crippen molar-refractivity contribution in [2.24, 2.45) is 17.8 Å². The second kappa shape index (κ2) is 8.43. The van der Waals surface area contributed by atoms with Gasteiger partial charge in [-0.1, -0.05) is 30.3 Å². The molecular weight excluding hydrogens is 326 g/mol. The molecule has 26 heavy (non-hydrogen) atoms. The van der Waals surface area contributed by atoms with Crippen LogP contribution in [0.15, 0.2) is 30.3 Å². The van der Waals surface area contributed by atoms with Crippen LogP contribution in [-0.4, -0.2) is 36.3 Å². The molecule has 0 spiro atoms. The summed E-state index contributed by atoms with van der Waals surface area (Å²) >= 11 is 0. The summed E-state index contributed by atoms with van der Waals surface area (Å²) in [5, 5.41) is 0. The van der Waals surface area contributed by atoms with Gasteiger partial charge in [0, 0.05) is 19.7 Å². The van der Waals surface area contributed by atoms with E-state index in [2.05, 4.69) is 24.3 Å². The van der Waals surface area contributed by atoms with Crippen LogP contribution in [0, 0.1) is 17.8 Å². The lowest BCUT2D eigenvalue weighted by Gasteiger charge is -2.33. The molecule has 1 aliphatic carbocycles. The number of amides is 1. The summed E-state index contributed by atoms with van der Waals surface area (Å²) in [7, 11) is 0. The minimum absolute atomic E-state index is 0.155. The van der Waals surface area contributed by atoms with Crippen molar-refractivity contribution in [3.63, 3.8) is 0 Å². The minimum Gasteiger partial charge on any atom is -0.444 e. The van der Waals surface area contributed by atoms with Crippen molar-refractivity contribution >= 4 is 6.09 Å². The summed E-state index contributed by atoms with van der Waals surface area (Å²) in [5.41, 5.74) is 0.837. The Morgan fingerprint density at radius 2 is 1.85 bits per heavy atom. The largest absolute Gasteiger partial charge is 0.444 e. The number of hydrogen-bond acceptors (Lipinski definition) is 3. The maximum absolute atomic E-state index is 12.1. The third kappa shape index (κ3) is 5.73. The molecule has 1 aromatic rings. The Balaban J connectivity index is 1.30. The highest BCUT2D eigenvalue weighted by molar-refractivity contribution is 5.68. The third-order valence-corrected chi connectivity index (χ3v) is 5.52. The second-order valence-electron chi connectivity index (χ2n) is 8.79. The van der Waals surface area contributed by atoms with E-state index in [9.17, 15) is 4.79 Å². The molecule has 4 heteroatoms. The Kier molecular flexibility index (Phi) is 6.23. The standard InChI is InChI=1S/C22H33NO3/c1-22(2,3)26-21(24)23-12-9-18(10-13-23)20-15-19(20)11-14-25-16-17-7-5-4-6-8-17/h4-8,18-20H,9-16H2,1-3H3/t19-,20-/m1/s1. The number of benzene rings is 1. The zero-order chi connectivity index (χ0) is 18.6. The van der Waals surface area contributed by atoms with Crippen molar-refractivity contribution in [2.75, 3.05) is 19.7 Å². The summed E-state index contributed by atoms with van der Waals surface area (Å²) in [6.45, 7) is 9.02. The number of rotatable bonds is 6. The maximum atomic E-state index is 12.1. The van der Waals surface area contributed by atoms with Crippen molar-refractivity contribution in [3.8, 4) is 0 Å². The molecule has 144 valence electrons. The zero-order valence-corrected chi connectivity index (χ0v) is 16.4. The van der Waals surface area contributed by atoms with Crippen LogP contribution in [-0.2, 0) is 16.1 Å². The average molecular weight is 360 g/mol. The fraction of sp³-hybridized carbons (Fsp3) is 0.682. The summed E-state index contributed by atoms with van der Waals surface area (Å²) < 4.78 is 11.3. The summed E-state index contributed by atoms with van der Waals surface area (Å²) in [6, 6.07) is 10.4. The molecule has 1 saturated carbocycles. The van der Waals surface area contributed by atoms with Gasteiger partial charge >= 0.3 is 6.09 Å². The lowest BCUT2D eigenvalue weighted by atomic mass is 9.90. The van der Waals surface area contributed by atoms with Gasteiger partial charge in [0.05, 0.1) is 6.61 Å². The maximum Gasteiger partial charge on any atom is 0.410 e. The normalized spacial score (nSPS) is 23.7. The molecule has 1 amide bonds. The molecule has 0 aromatic heterocycles. The van der Waals surface area contributed by atoms with Gasteiger partial charge in [-0.25, -0.2) is 4.79 Å². The molecule has 0 N–H and O–H groups in total. The van der Waals surface area contributed by atoms with E-state index in [1.165, 1.54) is 18.4 Å². The molecule has 3 rings (SSSR count). The van der Waals surface area contributed by atoms with Crippen LogP contribution in [0.4, 0.5) is 4.79 Å². The van der Waals surface area contributed by atoms with Crippen LogP contribution in [0.5, 0.6) is 0 Å². The molecule has 1 saturated heterocycles. The van der Waals surface area contributed by atoms with Crippen LogP contribution in [0.25, 0.3) is 0 Å². The van der Waals surface area contributed by atoms with E-state index in [1.807, 2.05) is 31.7 Å². The summed E-state index contributed by atoms with van der Waals surface area (Å²) in [6.07, 6.45) is 4.59. The van der Waals surface area contributed by atoms with E-state index in [4.69, 9.17) is 9.47 Å². The van der Waals surface area contributed by atoms with E-state index >= 15 is 0 Å². The fourth-order valence-corrected chi connectivity index (χ4v) is 4.02. The first-order valence-corrected chi connectivity index (χ1v) is 10.0.